The molecule has 1 heterocycles. The van der Waals surface area contributed by atoms with Crippen LogP contribution in [-0.2, 0) is 7.05 Å². The van der Waals surface area contributed by atoms with E-state index in [1.807, 2.05) is 30.1 Å². The van der Waals surface area contributed by atoms with Gasteiger partial charge in [-0.1, -0.05) is 34.1 Å². The molecule has 1 aromatic heterocycles. The summed E-state index contributed by atoms with van der Waals surface area (Å²) in [6.45, 7) is 4.30. The maximum atomic E-state index is 4.37. The molecule has 0 aliphatic rings. The number of aromatic nitrogens is 2. The Bertz CT molecular complexity index is 521. The van der Waals surface area contributed by atoms with Crippen molar-refractivity contribution in [3.05, 3.63) is 52.5 Å². The molecule has 0 aliphatic heterocycles. The van der Waals surface area contributed by atoms with Crippen molar-refractivity contribution >= 4 is 15.9 Å². The highest BCUT2D eigenvalue weighted by molar-refractivity contribution is 9.10. The first-order valence-corrected chi connectivity index (χ1v) is 6.86. The highest BCUT2D eigenvalue weighted by Crippen LogP contribution is 2.24. The molecule has 0 amide bonds. The molecule has 1 N–H and O–H groups in total. The summed E-state index contributed by atoms with van der Waals surface area (Å²) in [6.07, 6.45) is 3.80. The number of rotatable bonds is 4. The zero-order chi connectivity index (χ0) is 13.1. The Morgan fingerprint density at radius 3 is 2.56 bits per heavy atom. The first-order valence-electron chi connectivity index (χ1n) is 6.07. The van der Waals surface area contributed by atoms with Crippen LogP contribution in [0.25, 0.3) is 0 Å². The Kier molecular flexibility index (Phi) is 4.19. The summed E-state index contributed by atoms with van der Waals surface area (Å²) in [5, 5.41) is 3.57. The molecular weight excluding hydrogens is 290 g/mol. The van der Waals surface area contributed by atoms with E-state index in [0.717, 1.165) is 10.3 Å². The number of aryl methyl sites for hydroxylation is 1. The molecule has 0 radical (unpaired) electrons. The van der Waals surface area contributed by atoms with Gasteiger partial charge >= 0.3 is 0 Å². The van der Waals surface area contributed by atoms with Crippen LogP contribution in [0.4, 0.5) is 0 Å². The van der Waals surface area contributed by atoms with Gasteiger partial charge in [-0.25, -0.2) is 4.98 Å². The lowest BCUT2D eigenvalue weighted by atomic mass is 10.1. The Labute approximate surface area is 116 Å². The van der Waals surface area contributed by atoms with E-state index in [2.05, 4.69) is 58.3 Å². The van der Waals surface area contributed by atoms with Crippen molar-refractivity contribution in [2.75, 3.05) is 0 Å². The van der Waals surface area contributed by atoms with Crippen molar-refractivity contribution in [1.29, 1.82) is 0 Å². The lowest BCUT2D eigenvalue weighted by molar-refractivity contribution is 0.466. The number of benzene rings is 1. The van der Waals surface area contributed by atoms with E-state index >= 15 is 0 Å². The van der Waals surface area contributed by atoms with Crippen LogP contribution in [0.15, 0.2) is 41.1 Å². The molecule has 2 rings (SSSR count). The normalized spacial score (nSPS) is 14.4. The maximum absolute atomic E-state index is 4.37. The topological polar surface area (TPSA) is 29.9 Å². The second kappa shape index (κ2) is 5.67. The molecule has 3 nitrogen and oxygen atoms in total. The summed E-state index contributed by atoms with van der Waals surface area (Å²) >= 11 is 3.59. The number of hydrogen-bond donors (Lipinski definition) is 1. The average Bonchev–Trinajstić information content (AvgIpc) is 2.76. The fourth-order valence-corrected chi connectivity index (χ4v) is 2.79. The minimum absolute atomic E-state index is 0.215. The Morgan fingerprint density at radius 2 is 1.94 bits per heavy atom. The molecule has 2 atom stereocenters. The van der Waals surface area contributed by atoms with Crippen LogP contribution in [0.5, 0.6) is 0 Å². The second-order valence-corrected chi connectivity index (χ2v) is 5.38. The Balaban J connectivity index is 2.11. The highest BCUT2D eigenvalue weighted by atomic mass is 79.9. The van der Waals surface area contributed by atoms with Crippen molar-refractivity contribution in [1.82, 2.24) is 14.9 Å². The largest absolute Gasteiger partial charge is 0.337 e. The number of hydrogen-bond acceptors (Lipinski definition) is 2. The predicted octanol–water partition coefficient (Wildman–Crippen LogP) is 3.59. The second-order valence-electron chi connectivity index (χ2n) is 4.53. The molecule has 18 heavy (non-hydrogen) atoms. The quantitative estimate of drug-likeness (QED) is 0.935. The van der Waals surface area contributed by atoms with Crippen LogP contribution in [0.1, 0.15) is 37.3 Å². The Morgan fingerprint density at radius 1 is 1.22 bits per heavy atom. The summed E-state index contributed by atoms with van der Waals surface area (Å²) in [6, 6.07) is 8.78. The van der Waals surface area contributed by atoms with Crippen LogP contribution in [0, 0.1) is 0 Å². The minimum Gasteiger partial charge on any atom is -0.337 e. The standard InChI is InChI=1S/C14H18BrN3/c1-10(12-6-4-5-7-13(12)15)17-11(2)14-16-8-9-18(14)3/h4-11,17H,1-3H3/t10-,11?/m1/s1. The molecule has 1 aromatic carbocycles. The molecule has 0 aliphatic carbocycles. The van der Waals surface area contributed by atoms with Crippen molar-refractivity contribution in [3.63, 3.8) is 0 Å². The van der Waals surface area contributed by atoms with Gasteiger partial charge in [-0.05, 0) is 25.5 Å². The molecule has 96 valence electrons. The summed E-state index contributed by atoms with van der Waals surface area (Å²) < 4.78 is 3.18. The number of halogens is 1. The molecule has 1 unspecified atom stereocenters. The molecule has 4 heteroatoms. The lowest BCUT2D eigenvalue weighted by Gasteiger charge is -2.21. The zero-order valence-electron chi connectivity index (χ0n) is 10.9. The fraction of sp³-hybridized carbons (Fsp3) is 0.357. The summed E-state index contributed by atoms with van der Waals surface area (Å²) in [7, 11) is 2.02. The van der Waals surface area contributed by atoms with Crippen molar-refractivity contribution < 1.29 is 0 Å². The molecular formula is C14H18BrN3. The van der Waals surface area contributed by atoms with E-state index in [1.165, 1.54) is 5.56 Å². The van der Waals surface area contributed by atoms with Crippen LogP contribution in [0.3, 0.4) is 0 Å². The van der Waals surface area contributed by atoms with Crippen LogP contribution >= 0.6 is 15.9 Å². The first-order chi connectivity index (χ1) is 8.59. The van der Waals surface area contributed by atoms with E-state index in [9.17, 15) is 0 Å². The molecule has 0 spiro atoms. The fourth-order valence-electron chi connectivity index (χ4n) is 2.16. The zero-order valence-corrected chi connectivity index (χ0v) is 12.5. The summed E-state index contributed by atoms with van der Waals surface area (Å²) in [5.74, 6) is 1.05. The third-order valence-electron chi connectivity index (χ3n) is 3.12. The van der Waals surface area contributed by atoms with Crippen molar-refractivity contribution in [2.24, 2.45) is 7.05 Å². The van der Waals surface area contributed by atoms with Gasteiger partial charge in [-0.3, -0.25) is 0 Å². The third-order valence-corrected chi connectivity index (χ3v) is 3.84. The van der Waals surface area contributed by atoms with Crippen LogP contribution < -0.4 is 5.32 Å². The summed E-state index contributed by atoms with van der Waals surface area (Å²) in [4.78, 5) is 4.37. The van der Waals surface area contributed by atoms with Gasteiger partial charge in [0.1, 0.15) is 5.82 Å². The molecule has 0 saturated carbocycles. The first kappa shape index (κ1) is 13.3. The van der Waals surface area contributed by atoms with Crippen molar-refractivity contribution in [2.45, 2.75) is 25.9 Å². The van der Waals surface area contributed by atoms with Gasteiger partial charge in [-0.15, -0.1) is 0 Å². The smallest absolute Gasteiger partial charge is 0.125 e. The van der Waals surface area contributed by atoms with Gasteiger partial charge in [0, 0.05) is 30.0 Å². The lowest BCUT2D eigenvalue weighted by Crippen LogP contribution is -2.24. The highest BCUT2D eigenvalue weighted by Gasteiger charge is 2.15. The van der Waals surface area contributed by atoms with Gasteiger partial charge in [0.15, 0.2) is 0 Å². The van der Waals surface area contributed by atoms with Gasteiger partial charge in [0.05, 0.1) is 6.04 Å². The monoisotopic (exact) mass is 307 g/mol. The minimum atomic E-state index is 0.215. The molecule has 2 aromatic rings. The average molecular weight is 308 g/mol. The van der Waals surface area contributed by atoms with Gasteiger partial charge in [-0.2, -0.15) is 0 Å². The third kappa shape index (κ3) is 2.82. The van der Waals surface area contributed by atoms with E-state index in [1.54, 1.807) is 0 Å². The Hall–Kier alpha value is -1.13. The molecule has 0 saturated heterocycles. The van der Waals surface area contributed by atoms with Crippen LogP contribution in [-0.4, -0.2) is 9.55 Å². The molecule has 0 bridgehead atoms. The molecule has 0 fully saturated rings. The maximum Gasteiger partial charge on any atom is 0.125 e. The predicted molar refractivity (Wildman–Crippen MR) is 77.3 cm³/mol. The number of nitrogens with one attached hydrogen (secondary N) is 1. The van der Waals surface area contributed by atoms with E-state index in [4.69, 9.17) is 0 Å². The van der Waals surface area contributed by atoms with E-state index in [-0.39, 0.29) is 12.1 Å². The van der Waals surface area contributed by atoms with Gasteiger partial charge in [0.25, 0.3) is 0 Å². The van der Waals surface area contributed by atoms with Crippen LogP contribution in [0.2, 0.25) is 0 Å². The van der Waals surface area contributed by atoms with Gasteiger partial charge < -0.3 is 9.88 Å². The SMILES string of the molecule is CC(N[C@H](C)c1ccccc1Br)c1nccn1C. The number of imidazole rings is 1. The van der Waals surface area contributed by atoms with E-state index < -0.39 is 0 Å². The van der Waals surface area contributed by atoms with Crippen molar-refractivity contribution in [3.8, 4) is 0 Å². The number of nitrogens with zero attached hydrogens (tertiary/aromatic N) is 2. The van der Waals surface area contributed by atoms with E-state index in [0.29, 0.717) is 0 Å². The summed E-state index contributed by atoms with van der Waals surface area (Å²) in [5.41, 5.74) is 1.26. The van der Waals surface area contributed by atoms with Gasteiger partial charge in [0.2, 0.25) is 0 Å².